The molecule has 0 spiro atoms. The zero-order valence-corrected chi connectivity index (χ0v) is 18.6. The summed E-state index contributed by atoms with van der Waals surface area (Å²) in [6.07, 6.45) is 0. The van der Waals surface area contributed by atoms with E-state index >= 15 is 0 Å². The molecular weight excluding hydrogens is 398 g/mol. The summed E-state index contributed by atoms with van der Waals surface area (Å²) < 4.78 is 1.83. The Morgan fingerprint density at radius 3 is 2.53 bits per heavy atom. The number of aliphatic imine (C=N–C) groups is 1. The van der Waals surface area contributed by atoms with Crippen molar-refractivity contribution in [2.45, 2.75) is 34.2 Å². The van der Waals surface area contributed by atoms with Gasteiger partial charge in [-0.25, -0.2) is 4.99 Å². The molecule has 30 heavy (non-hydrogen) atoms. The lowest BCUT2D eigenvalue weighted by Gasteiger charge is -2.15. The fourth-order valence-electron chi connectivity index (χ4n) is 3.13. The van der Waals surface area contributed by atoms with E-state index in [1.165, 1.54) is 0 Å². The predicted molar refractivity (Wildman–Crippen MR) is 122 cm³/mol. The molecule has 2 aromatic carbocycles. The molecule has 7 heteroatoms. The van der Waals surface area contributed by atoms with Crippen LogP contribution in [0.25, 0.3) is 0 Å². The molecule has 0 aliphatic heterocycles. The largest absolute Gasteiger partial charge is 0.326 e. The molecule has 156 valence electrons. The first-order chi connectivity index (χ1) is 14.3. The number of carbonyl (C=O) groups is 1. The van der Waals surface area contributed by atoms with Crippen LogP contribution in [0.1, 0.15) is 38.4 Å². The number of amides is 1. The van der Waals surface area contributed by atoms with Crippen LogP contribution < -0.4 is 10.6 Å². The van der Waals surface area contributed by atoms with E-state index in [2.05, 4.69) is 20.7 Å². The number of carbonyl (C=O) groups excluding carboxylic acids is 1. The van der Waals surface area contributed by atoms with Crippen molar-refractivity contribution in [2.24, 2.45) is 12.0 Å². The fourth-order valence-corrected chi connectivity index (χ4v) is 3.35. The van der Waals surface area contributed by atoms with Crippen molar-refractivity contribution in [3.05, 3.63) is 81.1 Å². The lowest BCUT2D eigenvalue weighted by atomic mass is 10.1. The Morgan fingerprint density at radius 1 is 1.13 bits per heavy atom. The average molecular weight is 424 g/mol. The van der Waals surface area contributed by atoms with Gasteiger partial charge >= 0.3 is 0 Å². The number of guanidine groups is 1. The van der Waals surface area contributed by atoms with Crippen LogP contribution in [0.3, 0.4) is 0 Å². The van der Waals surface area contributed by atoms with Crippen molar-refractivity contribution >= 4 is 29.2 Å². The molecule has 1 amide bonds. The smallest absolute Gasteiger partial charge is 0.259 e. The first kappa shape index (κ1) is 21.6. The molecule has 0 radical (unpaired) electrons. The molecule has 1 aromatic heterocycles. The van der Waals surface area contributed by atoms with Crippen molar-refractivity contribution in [3.63, 3.8) is 0 Å². The summed E-state index contributed by atoms with van der Waals surface area (Å²) in [6.45, 7) is 8.38. The van der Waals surface area contributed by atoms with Gasteiger partial charge in [0, 0.05) is 24.0 Å². The maximum absolute atomic E-state index is 12.8. The fraction of sp³-hybridized carbons (Fsp3) is 0.261. The lowest BCUT2D eigenvalue weighted by molar-refractivity contribution is 0.0977. The summed E-state index contributed by atoms with van der Waals surface area (Å²) >= 11 is 6.19. The van der Waals surface area contributed by atoms with Gasteiger partial charge in [-0.3, -0.25) is 14.8 Å². The van der Waals surface area contributed by atoms with Gasteiger partial charge in [-0.1, -0.05) is 35.9 Å². The van der Waals surface area contributed by atoms with Crippen LogP contribution in [-0.2, 0) is 13.6 Å². The SMILES string of the molecule is Cc1ccc(C)c(NC(=NCc2c(C)nn(C)c2C)NC(=O)c2ccccc2Cl)c1. The molecule has 0 aliphatic rings. The quantitative estimate of drug-likeness (QED) is 0.471. The van der Waals surface area contributed by atoms with Gasteiger partial charge in [0.15, 0.2) is 0 Å². The summed E-state index contributed by atoms with van der Waals surface area (Å²) in [6, 6.07) is 13.0. The van der Waals surface area contributed by atoms with Gasteiger partial charge in [0.25, 0.3) is 5.91 Å². The molecule has 3 aromatic rings. The summed E-state index contributed by atoms with van der Waals surface area (Å²) in [7, 11) is 1.91. The number of anilines is 1. The van der Waals surface area contributed by atoms with Gasteiger partial charge in [0.1, 0.15) is 0 Å². The molecule has 2 N–H and O–H groups in total. The molecule has 0 atom stereocenters. The Labute approximate surface area is 182 Å². The zero-order valence-electron chi connectivity index (χ0n) is 17.9. The molecule has 3 rings (SSSR count). The molecule has 1 heterocycles. The first-order valence-corrected chi connectivity index (χ1v) is 10.1. The van der Waals surface area contributed by atoms with Crippen LogP contribution in [0.5, 0.6) is 0 Å². The number of hydrogen-bond acceptors (Lipinski definition) is 3. The summed E-state index contributed by atoms with van der Waals surface area (Å²) in [5, 5.41) is 11.0. The van der Waals surface area contributed by atoms with E-state index in [9.17, 15) is 4.79 Å². The zero-order chi connectivity index (χ0) is 21.8. The Kier molecular flexibility index (Phi) is 6.57. The van der Waals surface area contributed by atoms with Gasteiger partial charge < -0.3 is 5.32 Å². The third kappa shape index (κ3) is 4.89. The number of aromatic nitrogens is 2. The van der Waals surface area contributed by atoms with E-state index in [0.29, 0.717) is 23.1 Å². The number of nitrogens with zero attached hydrogens (tertiary/aromatic N) is 3. The van der Waals surface area contributed by atoms with Crippen LogP contribution in [-0.4, -0.2) is 21.6 Å². The topological polar surface area (TPSA) is 71.3 Å². The van der Waals surface area contributed by atoms with Crippen LogP contribution in [0, 0.1) is 27.7 Å². The molecule has 0 saturated carbocycles. The van der Waals surface area contributed by atoms with Crippen molar-refractivity contribution in [1.29, 1.82) is 0 Å². The minimum atomic E-state index is -0.322. The highest BCUT2D eigenvalue weighted by molar-refractivity contribution is 6.34. The van der Waals surface area contributed by atoms with Crippen molar-refractivity contribution in [1.82, 2.24) is 15.1 Å². The molecule has 6 nitrogen and oxygen atoms in total. The molecule has 0 fully saturated rings. The average Bonchev–Trinajstić information content (AvgIpc) is 2.94. The first-order valence-electron chi connectivity index (χ1n) is 9.70. The second kappa shape index (κ2) is 9.13. The number of benzene rings is 2. The van der Waals surface area contributed by atoms with Crippen LogP contribution in [0.15, 0.2) is 47.5 Å². The number of hydrogen-bond donors (Lipinski definition) is 2. The summed E-state index contributed by atoms with van der Waals surface area (Å²) in [5.74, 6) is 0.0352. The number of halogens is 1. The second-order valence-corrected chi connectivity index (χ2v) is 7.72. The molecule has 0 bridgehead atoms. The third-order valence-electron chi connectivity index (χ3n) is 5.05. The van der Waals surface area contributed by atoms with Gasteiger partial charge in [-0.15, -0.1) is 0 Å². The maximum atomic E-state index is 12.8. The minimum Gasteiger partial charge on any atom is -0.326 e. The number of aryl methyl sites for hydroxylation is 4. The van der Waals surface area contributed by atoms with Crippen LogP contribution >= 0.6 is 11.6 Å². The van der Waals surface area contributed by atoms with E-state index in [0.717, 1.165) is 33.8 Å². The standard InChI is InChI=1S/C23H26ClN5O/c1-14-10-11-15(2)21(12-14)26-23(25-13-19-16(3)28-29(5)17(19)4)27-22(30)18-8-6-7-9-20(18)24/h6-12H,13H2,1-5H3,(H2,25,26,27,30). The number of rotatable bonds is 4. The van der Waals surface area contributed by atoms with Crippen molar-refractivity contribution in [3.8, 4) is 0 Å². The molecule has 0 unspecified atom stereocenters. The van der Waals surface area contributed by atoms with Gasteiger partial charge in [0.2, 0.25) is 5.96 Å². The normalized spacial score (nSPS) is 11.5. The minimum absolute atomic E-state index is 0.322. The van der Waals surface area contributed by atoms with Gasteiger partial charge in [-0.2, -0.15) is 5.10 Å². The van der Waals surface area contributed by atoms with Crippen LogP contribution in [0.2, 0.25) is 5.02 Å². The maximum Gasteiger partial charge on any atom is 0.259 e. The van der Waals surface area contributed by atoms with E-state index in [1.807, 2.05) is 57.6 Å². The highest BCUT2D eigenvalue weighted by atomic mass is 35.5. The van der Waals surface area contributed by atoms with Gasteiger partial charge in [-0.05, 0) is 57.0 Å². The highest BCUT2D eigenvalue weighted by Gasteiger charge is 2.14. The van der Waals surface area contributed by atoms with Gasteiger partial charge in [0.05, 0.1) is 22.8 Å². The van der Waals surface area contributed by atoms with Crippen molar-refractivity contribution < 1.29 is 4.79 Å². The summed E-state index contributed by atoms with van der Waals surface area (Å²) in [4.78, 5) is 17.5. The van der Waals surface area contributed by atoms with E-state index in [-0.39, 0.29) is 5.91 Å². The predicted octanol–water partition coefficient (Wildman–Crippen LogP) is 4.71. The highest BCUT2D eigenvalue weighted by Crippen LogP contribution is 2.18. The van der Waals surface area contributed by atoms with Crippen molar-refractivity contribution in [2.75, 3.05) is 5.32 Å². The molecule has 0 aliphatic carbocycles. The monoisotopic (exact) mass is 423 g/mol. The second-order valence-electron chi connectivity index (χ2n) is 7.32. The Morgan fingerprint density at radius 2 is 1.87 bits per heavy atom. The number of nitrogens with one attached hydrogen (secondary N) is 2. The lowest BCUT2D eigenvalue weighted by Crippen LogP contribution is -2.36. The van der Waals surface area contributed by atoms with E-state index in [4.69, 9.17) is 11.6 Å². The van der Waals surface area contributed by atoms with E-state index in [1.54, 1.807) is 24.3 Å². The Bertz CT molecular complexity index is 1120. The Hall–Kier alpha value is -3.12. The molecular formula is C23H26ClN5O. The van der Waals surface area contributed by atoms with E-state index < -0.39 is 0 Å². The molecule has 0 saturated heterocycles. The third-order valence-corrected chi connectivity index (χ3v) is 5.38. The Balaban J connectivity index is 1.92. The van der Waals surface area contributed by atoms with Crippen LogP contribution in [0.4, 0.5) is 5.69 Å². The summed E-state index contributed by atoms with van der Waals surface area (Å²) in [5.41, 5.74) is 6.43.